The summed E-state index contributed by atoms with van der Waals surface area (Å²) in [6, 6.07) is 6.83. The molecule has 2 aliphatic rings. The molecule has 1 aromatic carbocycles. The Bertz CT molecular complexity index is 1120. The average molecular weight is 413 g/mol. The van der Waals surface area contributed by atoms with E-state index in [2.05, 4.69) is 14.5 Å². The number of imidazole rings is 1. The number of halogens is 2. The van der Waals surface area contributed by atoms with Gasteiger partial charge in [-0.25, -0.2) is 18.7 Å². The van der Waals surface area contributed by atoms with E-state index in [1.165, 1.54) is 11.0 Å². The summed E-state index contributed by atoms with van der Waals surface area (Å²) in [5, 5.41) is 0.385. The second-order valence-electron chi connectivity index (χ2n) is 8.20. The second-order valence-corrected chi connectivity index (χ2v) is 8.20. The van der Waals surface area contributed by atoms with Crippen molar-refractivity contribution in [2.24, 2.45) is 0 Å². The highest BCUT2D eigenvalue weighted by molar-refractivity contribution is 5.77. The van der Waals surface area contributed by atoms with Gasteiger partial charge in [0.15, 0.2) is 0 Å². The first-order valence-corrected chi connectivity index (χ1v) is 10.7. The Morgan fingerprint density at radius 1 is 1.13 bits per heavy atom. The van der Waals surface area contributed by atoms with Gasteiger partial charge in [-0.3, -0.25) is 14.3 Å². The van der Waals surface area contributed by atoms with E-state index < -0.39 is 13.0 Å². The van der Waals surface area contributed by atoms with Crippen molar-refractivity contribution in [2.75, 3.05) is 6.54 Å². The van der Waals surface area contributed by atoms with Crippen LogP contribution < -0.4 is 5.56 Å². The maximum Gasteiger partial charge on any atom is 0.261 e. The van der Waals surface area contributed by atoms with Crippen molar-refractivity contribution >= 4 is 10.9 Å². The maximum absolute atomic E-state index is 13.3. The van der Waals surface area contributed by atoms with E-state index in [0.29, 0.717) is 23.3 Å². The zero-order chi connectivity index (χ0) is 20.7. The van der Waals surface area contributed by atoms with Gasteiger partial charge in [0.25, 0.3) is 12.0 Å². The van der Waals surface area contributed by atoms with Crippen molar-refractivity contribution in [3.63, 3.8) is 0 Å². The highest BCUT2D eigenvalue weighted by atomic mass is 19.3. The van der Waals surface area contributed by atoms with Crippen LogP contribution in [0.3, 0.4) is 0 Å². The highest BCUT2D eigenvalue weighted by Gasteiger charge is 2.32. The maximum atomic E-state index is 13.3. The first-order valence-electron chi connectivity index (χ1n) is 10.7. The molecule has 30 heavy (non-hydrogen) atoms. The minimum Gasteiger partial charge on any atom is -0.331 e. The van der Waals surface area contributed by atoms with E-state index in [4.69, 9.17) is 4.98 Å². The molecular weight excluding hydrogens is 388 g/mol. The smallest absolute Gasteiger partial charge is 0.261 e. The summed E-state index contributed by atoms with van der Waals surface area (Å²) in [6.45, 7) is 1.89. The standard InChI is InChI=1S/C22H25F2N5O/c23-19(24)14-29-21(26-17-7-2-1-6-16(17)22(29)30)18-8-5-10-27(18)13-15-12-25-20-9-3-4-11-28(15)20/h1-2,6-7,12,18-19H,3-5,8-11,13-14H2. The Balaban J connectivity index is 1.53. The normalized spacial score (nSPS) is 19.6. The van der Waals surface area contributed by atoms with Gasteiger partial charge in [-0.2, -0.15) is 0 Å². The van der Waals surface area contributed by atoms with Gasteiger partial charge in [-0.15, -0.1) is 0 Å². The molecule has 0 N–H and O–H groups in total. The molecule has 0 amide bonds. The molecule has 8 heteroatoms. The molecule has 1 atom stereocenters. The lowest BCUT2D eigenvalue weighted by molar-refractivity contribution is 0.120. The number of hydrogen-bond donors (Lipinski definition) is 0. The third kappa shape index (κ3) is 3.43. The molecule has 2 aromatic heterocycles. The van der Waals surface area contributed by atoms with Gasteiger partial charge in [-0.05, 0) is 44.4 Å². The first kappa shape index (κ1) is 19.4. The predicted molar refractivity (Wildman–Crippen MR) is 110 cm³/mol. The Morgan fingerprint density at radius 3 is 2.87 bits per heavy atom. The molecule has 3 aromatic rings. The van der Waals surface area contributed by atoms with Crippen molar-refractivity contribution < 1.29 is 8.78 Å². The van der Waals surface area contributed by atoms with Crippen LogP contribution in [0.15, 0.2) is 35.3 Å². The third-order valence-electron chi connectivity index (χ3n) is 6.29. The summed E-state index contributed by atoms with van der Waals surface area (Å²) in [5.41, 5.74) is 1.33. The average Bonchev–Trinajstić information content (AvgIpc) is 3.37. The van der Waals surface area contributed by atoms with E-state index in [1.807, 2.05) is 12.3 Å². The lowest BCUT2D eigenvalue weighted by Crippen LogP contribution is -2.34. The molecule has 1 saturated heterocycles. The van der Waals surface area contributed by atoms with Crippen molar-refractivity contribution in [1.29, 1.82) is 0 Å². The van der Waals surface area contributed by atoms with E-state index in [1.54, 1.807) is 18.2 Å². The lowest BCUT2D eigenvalue weighted by Gasteiger charge is -2.27. The van der Waals surface area contributed by atoms with E-state index in [-0.39, 0.29) is 11.6 Å². The van der Waals surface area contributed by atoms with E-state index in [9.17, 15) is 13.6 Å². The fourth-order valence-electron chi connectivity index (χ4n) is 4.88. The van der Waals surface area contributed by atoms with Gasteiger partial charge in [0.05, 0.1) is 29.2 Å². The minimum absolute atomic E-state index is 0.157. The number of aromatic nitrogens is 4. The number of alkyl halides is 2. The molecule has 1 fully saturated rings. The molecule has 0 radical (unpaired) electrons. The van der Waals surface area contributed by atoms with Crippen molar-refractivity contribution in [3.8, 4) is 0 Å². The SMILES string of the molecule is O=c1c2ccccc2nc(C2CCCN2Cc2cnc3n2CCCC3)n1CC(F)F. The molecule has 2 aliphatic heterocycles. The number of hydrogen-bond acceptors (Lipinski definition) is 4. The molecule has 4 heterocycles. The molecule has 0 bridgehead atoms. The zero-order valence-electron chi connectivity index (χ0n) is 16.8. The molecule has 0 aliphatic carbocycles. The molecule has 6 nitrogen and oxygen atoms in total. The summed E-state index contributed by atoms with van der Waals surface area (Å²) in [4.78, 5) is 24.6. The van der Waals surface area contributed by atoms with Gasteiger partial charge >= 0.3 is 0 Å². The molecule has 158 valence electrons. The van der Waals surface area contributed by atoms with Gasteiger partial charge in [0.1, 0.15) is 11.6 Å². The minimum atomic E-state index is -2.61. The summed E-state index contributed by atoms with van der Waals surface area (Å²) >= 11 is 0. The van der Waals surface area contributed by atoms with Crippen LogP contribution in [0.5, 0.6) is 0 Å². The number of nitrogens with zero attached hydrogens (tertiary/aromatic N) is 5. The van der Waals surface area contributed by atoms with Crippen LogP contribution in [0.1, 0.15) is 49.1 Å². The quantitative estimate of drug-likeness (QED) is 0.642. The van der Waals surface area contributed by atoms with Crippen LogP contribution in [-0.4, -0.2) is 37.0 Å². The Morgan fingerprint density at radius 2 is 2.00 bits per heavy atom. The van der Waals surface area contributed by atoms with Crippen LogP contribution in [0.2, 0.25) is 0 Å². The Kier molecular flexibility index (Phi) is 5.10. The molecule has 5 rings (SSSR count). The third-order valence-corrected chi connectivity index (χ3v) is 6.29. The fourth-order valence-corrected chi connectivity index (χ4v) is 4.88. The summed E-state index contributed by atoms with van der Waals surface area (Å²) in [5.74, 6) is 1.58. The number of para-hydroxylation sites is 1. The van der Waals surface area contributed by atoms with Gasteiger partial charge in [0.2, 0.25) is 0 Å². The monoisotopic (exact) mass is 413 g/mol. The zero-order valence-corrected chi connectivity index (χ0v) is 16.8. The Labute approximate surface area is 173 Å². The van der Waals surface area contributed by atoms with Crippen LogP contribution >= 0.6 is 0 Å². The number of fused-ring (bicyclic) bond motifs is 2. The second kappa shape index (κ2) is 7.91. The predicted octanol–water partition coefficient (Wildman–Crippen LogP) is 3.53. The topological polar surface area (TPSA) is 56.0 Å². The van der Waals surface area contributed by atoms with Gasteiger partial charge in [0, 0.05) is 25.7 Å². The Hall–Kier alpha value is -2.61. The lowest BCUT2D eigenvalue weighted by atomic mass is 10.1. The van der Waals surface area contributed by atoms with Gasteiger partial charge < -0.3 is 4.57 Å². The number of likely N-dealkylation sites (tertiary alicyclic amines) is 1. The molecule has 0 saturated carbocycles. The van der Waals surface area contributed by atoms with Crippen LogP contribution in [0.25, 0.3) is 10.9 Å². The fraction of sp³-hybridized carbons (Fsp3) is 0.500. The van der Waals surface area contributed by atoms with Crippen molar-refractivity contribution in [2.45, 2.75) is 64.2 Å². The van der Waals surface area contributed by atoms with Crippen LogP contribution in [0, 0.1) is 0 Å². The summed E-state index contributed by atoms with van der Waals surface area (Å²) in [7, 11) is 0. The summed E-state index contributed by atoms with van der Waals surface area (Å²) in [6.07, 6.45) is 4.41. The molecule has 1 unspecified atom stereocenters. The van der Waals surface area contributed by atoms with Crippen LogP contribution in [0.4, 0.5) is 8.78 Å². The van der Waals surface area contributed by atoms with Crippen molar-refractivity contribution in [3.05, 3.63) is 58.2 Å². The molecule has 0 spiro atoms. The van der Waals surface area contributed by atoms with E-state index in [0.717, 1.165) is 50.3 Å². The number of rotatable bonds is 5. The number of benzene rings is 1. The number of aryl methyl sites for hydroxylation is 1. The van der Waals surface area contributed by atoms with Crippen molar-refractivity contribution in [1.82, 2.24) is 24.0 Å². The van der Waals surface area contributed by atoms with Crippen LogP contribution in [-0.2, 0) is 26.1 Å². The van der Waals surface area contributed by atoms with E-state index >= 15 is 0 Å². The first-order chi connectivity index (χ1) is 14.6. The largest absolute Gasteiger partial charge is 0.331 e. The molecular formula is C22H25F2N5O. The highest BCUT2D eigenvalue weighted by Crippen LogP contribution is 2.33. The summed E-state index contributed by atoms with van der Waals surface area (Å²) < 4.78 is 30.2. The van der Waals surface area contributed by atoms with Gasteiger partial charge in [-0.1, -0.05) is 12.1 Å².